The summed E-state index contributed by atoms with van der Waals surface area (Å²) in [4.78, 5) is 14.0. The SMILES string of the molecule is CN(C)CCCNC(=O)[C@@H]1C[C@H]1c1ccccc1. The summed E-state index contributed by atoms with van der Waals surface area (Å²) in [6.45, 7) is 1.81. The van der Waals surface area contributed by atoms with Gasteiger partial charge in [0.2, 0.25) is 5.91 Å². The molecule has 0 saturated heterocycles. The zero-order valence-corrected chi connectivity index (χ0v) is 11.2. The molecule has 1 aromatic rings. The van der Waals surface area contributed by atoms with E-state index in [-0.39, 0.29) is 11.8 Å². The molecule has 0 spiro atoms. The fraction of sp³-hybridized carbons (Fsp3) is 0.533. The summed E-state index contributed by atoms with van der Waals surface area (Å²) in [5.74, 6) is 0.870. The largest absolute Gasteiger partial charge is 0.356 e. The van der Waals surface area contributed by atoms with E-state index < -0.39 is 0 Å². The van der Waals surface area contributed by atoms with Crippen molar-refractivity contribution in [1.82, 2.24) is 10.2 Å². The lowest BCUT2D eigenvalue weighted by atomic mass is 10.1. The van der Waals surface area contributed by atoms with Crippen LogP contribution in [-0.2, 0) is 4.79 Å². The van der Waals surface area contributed by atoms with Crippen LogP contribution in [0.15, 0.2) is 30.3 Å². The van der Waals surface area contributed by atoms with Crippen LogP contribution < -0.4 is 5.32 Å². The molecule has 1 fully saturated rings. The normalized spacial score (nSPS) is 21.9. The molecule has 1 aliphatic rings. The van der Waals surface area contributed by atoms with E-state index in [9.17, 15) is 4.79 Å². The summed E-state index contributed by atoms with van der Waals surface area (Å²) >= 11 is 0. The molecule has 0 heterocycles. The molecule has 1 aliphatic carbocycles. The maximum atomic E-state index is 11.9. The lowest BCUT2D eigenvalue weighted by molar-refractivity contribution is -0.122. The monoisotopic (exact) mass is 246 g/mol. The van der Waals surface area contributed by atoms with Gasteiger partial charge in [0.1, 0.15) is 0 Å². The second-order valence-corrected chi connectivity index (χ2v) is 5.31. The summed E-state index contributed by atoms with van der Waals surface area (Å²) < 4.78 is 0. The highest BCUT2D eigenvalue weighted by atomic mass is 16.2. The van der Waals surface area contributed by atoms with Crippen LogP contribution in [0.25, 0.3) is 0 Å². The molecule has 2 rings (SSSR count). The van der Waals surface area contributed by atoms with Crippen LogP contribution in [0.5, 0.6) is 0 Å². The summed E-state index contributed by atoms with van der Waals surface area (Å²) in [6.07, 6.45) is 2.02. The molecule has 0 bridgehead atoms. The second-order valence-electron chi connectivity index (χ2n) is 5.31. The van der Waals surface area contributed by atoms with Gasteiger partial charge in [-0.1, -0.05) is 30.3 Å². The van der Waals surface area contributed by atoms with Crippen molar-refractivity contribution >= 4 is 5.91 Å². The van der Waals surface area contributed by atoms with Crippen LogP contribution in [-0.4, -0.2) is 38.0 Å². The third-order valence-electron chi connectivity index (χ3n) is 3.44. The molecule has 0 unspecified atom stereocenters. The highest BCUT2D eigenvalue weighted by Crippen LogP contribution is 2.47. The van der Waals surface area contributed by atoms with Crippen molar-refractivity contribution in [2.24, 2.45) is 5.92 Å². The summed E-state index contributed by atoms with van der Waals surface area (Å²) in [6, 6.07) is 10.3. The molecule has 3 nitrogen and oxygen atoms in total. The van der Waals surface area contributed by atoms with Gasteiger partial charge in [0.15, 0.2) is 0 Å². The number of amides is 1. The molecule has 0 aromatic heterocycles. The van der Waals surface area contributed by atoms with Crippen molar-refractivity contribution in [2.75, 3.05) is 27.2 Å². The van der Waals surface area contributed by atoms with Gasteiger partial charge >= 0.3 is 0 Å². The Labute approximate surface area is 109 Å². The highest BCUT2D eigenvalue weighted by molar-refractivity contribution is 5.82. The number of nitrogens with zero attached hydrogens (tertiary/aromatic N) is 1. The number of carbonyl (C=O) groups is 1. The predicted octanol–water partition coefficient (Wildman–Crippen LogP) is 1.86. The smallest absolute Gasteiger partial charge is 0.223 e. The highest BCUT2D eigenvalue weighted by Gasteiger charge is 2.43. The molecule has 1 N–H and O–H groups in total. The van der Waals surface area contributed by atoms with Gasteiger partial charge in [-0.25, -0.2) is 0 Å². The minimum Gasteiger partial charge on any atom is -0.356 e. The molecular weight excluding hydrogens is 224 g/mol. The maximum absolute atomic E-state index is 11.9. The average molecular weight is 246 g/mol. The molecule has 3 heteroatoms. The van der Waals surface area contributed by atoms with Gasteiger partial charge < -0.3 is 10.2 Å². The van der Waals surface area contributed by atoms with Crippen molar-refractivity contribution in [3.05, 3.63) is 35.9 Å². The van der Waals surface area contributed by atoms with Crippen molar-refractivity contribution in [3.63, 3.8) is 0 Å². The van der Waals surface area contributed by atoms with Crippen LogP contribution in [0.1, 0.15) is 24.3 Å². The van der Waals surface area contributed by atoms with E-state index in [1.165, 1.54) is 5.56 Å². The maximum Gasteiger partial charge on any atom is 0.223 e. The molecule has 1 amide bonds. The molecule has 98 valence electrons. The molecule has 18 heavy (non-hydrogen) atoms. The van der Waals surface area contributed by atoms with Crippen LogP contribution >= 0.6 is 0 Å². The first kappa shape index (κ1) is 13.1. The van der Waals surface area contributed by atoms with E-state index in [1.54, 1.807) is 0 Å². The van der Waals surface area contributed by atoms with E-state index in [4.69, 9.17) is 0 Å². The zero-order chi connectivity index (χ0) is 13.0. The van der Waals surface area contributed by atoms with Gasteiger partial charge in [0.25, 0.3) is 0 Å². The number of carbonyl (C=O) groups excluding carboxylic acids is 1. The average Bonchev–Trinajstić information content (AvgIpc) is 3.15. The van der Waals surface area contributed by atoms with Gasteiger partial charge in [-0.2, -0.15) is 0 Å². The molecule has 0 radical (unpaired) electrons. The van der Waals surface area contributed by atoms with Crippen LogP contribution in [0.4, 0.5) is 0 Å². The van der Waals surface area contributed by atoms with E-state index in [0.29, 0.717) is 5.92 Å². The van der Waals surface area contributed by atoms with Crippen LogP contribution in [0.2, 0.25) is 0 Å². The number of benzene rings is 1. The summed E-state index contributed by atoms with van der Waals surface area (Å²) in [7, 11) is 4.10. The van der Waals surface area contributed by atoms with Crippen molar-refractivity contribution in [2.45, 2.75) is 18.8 Å². The molecule has 2 atom stereocenters. The third kappa shape index (κ3) is 3.57. The van der Waals surface area contributed by atoms with E-state index in [1.807, 2.05) is 32.3 Å². The lowest BCUT2D eigenvalue weighted by Gasteiger charge is -2.09. The Bertz CT molecular complexity index is 389. The van der Waals surface area contributed by atoms with Crippen LogP contribution in [0.3, 0.4) is 0 Å². The predicted molar refractivity (Wildman–Crippen MR) is 73.5 cm³/mol. The number of hydrogen-bond acceptors (Lipinski definition) is 2. The Morgan fingerprint density at radius 1 is 1.33 bits per heavy atom. The quantitative estimate of drug-likeness (QED) is 0.777. The van der Waals surface area contributed by atoms with Crippen molar-refractivity contribution in [1.29, 1.82) is 0 Å². The van der Waals surface area contributed by atoms with Gasteiger partial charge in [0.05, 0.1) is 0 Å². The van der Waals surface area contributed by atoms with Gasteiger partial charge in [-0.3, -0.25) is 4.79 Å². The molecule has 0 aliphatic heterocycles. The number of nitrogens with one attached hydrogen (secondary N) is 1. The first-order chi connectivity index (χ1) is 8.68. The fourth-order valence-electron chi connectivity index (χ4n) is 2.29. The lowest BCUT2D eigenvalue weighted by Crippen LogP contribution is -2.28. The zero-order valence-electron chi connectivity index (χ0n) is 11.2. The topological polar surface area (TPSA) is 32.3 Å². The fourth-order valence-corrected chi connectivity index (χ4v) is 2.29. The van der Waals surface area contributed by atoms with Crippen molar-refractivity contribution in [3.8, 4) is 0 Å². The minimum atomic E-state index is 0.201. The Morgan fingerprint density at radius 2 is 2.06 bits per heavy atom. The van der Waals surface area contributed by atoms with Gasteiger partial charge in [-0.15, -0.1) is 0 Å². The van der Waals surface area contributed by atoms with E-state index in [2.05, 4.69) is 22.3 Å². The second kappa shape index (κ2) is 6.01. The molecular formula is C15H22N2O. The number of rotatable bonds is 6. The van der Waals surface area contributed by atoms with Gasteiger partial charge in [-0.05, 0) is 45.0 Å². The van der Waals surface area contributed by atoms with E-state index in [0.717, 1.165) is 25.9 Å². The third-order valence-corrected chi connectivity index (χ3v) is 3.44. The van der Waals surface area contributed by atoms with Crippen molar-refractivity contribution < 1.29 is 4.79 Å². The van der Waals surface area contributed by atoms with E-state index >= 15 is 0 Å². The first-order valence-electron chi connectivity index (χ1n) is 6.66. The summed E-state index contributed by atoms with van der Waals surface area (Å²) in [5.41, 5.74) is 1.30. The number of hydrogen-bond donors (Lipinski definition) is 1. The first-order valence-corrected chi connectivity index (χ1v) is 6.66. The standard InChI is InChI=1S/C15H22N2O/c1-17(2)10-6-9-16-15(18)14-11-13(14)12-7-4-3-5-8-12/h3-5,7-8,13-14H,6,9-11H2,1-2H3,(H,16,18)/t13-,14+/m0/s1. The summed E-state index contributed by atoms with van der Waals surface area (Å²) in [5, 5.41) is 3.03. The van der Waals surface area contributed by atoms with Gasteiger partial charge in [0, 0.05) is 12.5 Å². The molecule has 1 aromatic carbocycles. The molecule has 1 saturated carbocycles. The Hall–Kier alpha value is -1.35. The Kier molecular flexibility index (Phi) is 4.37. The minimum absolute atomic E-state index is 0.201. The Balaban J connectivity index is 1.70. The van der Waals surface area contributed by atoms with Crippen LogP contribution in [0, 0.1) is 5.92 Å². The Morgan fingerprint density at radius 3 is 2.72 bits per heavy atom.